The lowest BCUT2D eigenvalue weighted by molar-refractivity contribution is 0.0947. The van der Waals surface area contributed by atoms with E-state index < -0.39 is 5.91 Å². The van der Waals surface area contributed by atoms with Gasteiger partial charge in [0.15, 0.2) is 0 Å². The number of ether oxygens (including phenoxy) is 1. The van der Waals surface area contributed by atoms with Crippen LogP contribution in [0, 0.1) is 11.7 Å². The number of halogens is 1. The van der Waals surface area contributed by atoms with E-state index in [-0.39, 0.29) is 17.3 Å². The van der Waals surface area contributed by atoms with E-state index in [2.05, 4.69) is 5.32 Å². The molecule has 4 rings (SSSR count). The van der Waals surface area contributed by atoms with Crippen molar-refractivity contribution in [2.45, 2.75) is 20.3 Å². The molecule has 0 saturated heterocycles. The van der Waals surface area contributed by atoms with Crippen LogP contribution in [0.4, 0.5) is 4.39 Å². The summed E-state index contributed by atoms with van der Waals surface area (Å²) < 4.78 is 24.8. The second-order valence-electron chi connectivity index (χ2n) is 8.82. The first-order chi connectivity index (χ1) is 16.8. The van der Waals surface area contributed by atoms with Crippen LogP contribution < -0.4 is 15.8 Å². The van der Waals surface area contributed by atoms with E-state index in [4.69, 9.17) is 14.9 Å². The zero-order chi connectivity index (χ0) is 25.1. The van der Waals surface area contributed by atoms with Gasteiger partial charge in [0.1, 0.15) is 22.9 Å². The van der Waals surface area contributed by atoms with Gasteiger partial charge in [-0.05, 0) is 71.6 Å². The molecule has 1 aromatic heterocycles. The predicted molar refractivity (Wildman–Crippen MR) is 133 cm³/mol. The van der Waals surface area contributed by atoms with E-state index in [1.165, 1.54) is 12.1 Å². The number of nitrogens with one attached hydrogen (secondary N) is 1. The number of fused-ring (bicyclic) bond motifs is 1. The predicted octanol–water partition coefficient (Wildman–Crippen LogP) is 5.32. The third kappa shape index (κ3) is 5.19. The molecule has 0 spiro atoms. The maximum atomic E-state index is 13.4. The number of hydrogen-bond acceptors (Lipinski definition) is 4. The standard InChI is InChI=1S/C28H27FN2O4/c1-16(2)15-31-28(33)19-7-11-23(34-3)20(14-19)12-17-4-10-24-22(13-17)25(27(30)32)26(35-24)18-5-8-21(29)9-6-18/h4-11,13-14,16H,12,15H2,1-3H3,(H2,30,32)(H,31,33). The Kier molecular flexibility index (Phi) is 6.87. The highest BCUT2D eigenvalue weighted by Crippen LogP contribution is 2.35. The number of methoxy groups -OCH3 is 1. The van der Waals surface area contributed by atoms with Crippen LogP contribution in [0.2, 0.25) is 0 Å². The van der Waals surface area contributed by atoms with Crippen LogP contribution in [-0.2, 0) is 6.42 Å². The monoisotopic (exact) mass is 474 g/mol. The highest BCUT2D eigenvalue weighted by Gasteiger charge is 2.21. The maximum absolute atomic E-state index is 13.4. The highest BCUT2D eigenvalue weighted by molar-refractivity contribution is 6.10. The topological polar surface area (TPSA) is 94.6 Å². The van der Waals surface area contributed by atoms with Gasteiger partial charge in [0.05, 0.1) is 12.7 Å². The number of rotatable bonds is 8. The van der Waals surface area contributed by atoms with Crippen molar-refractivity contribution in [3.8, 4) is 17.1 Å². The van der Waals surface area contributed by atoms with Gasteiger partial charge in [-0.3, -0.25) is 9.59 Å². The molecule has 0 fully saturated rings. The Morgan fingerprint density at radius 3 is 2.46 bits per heavy atom. The quantitative estimate of drug-likeness (QED) is 0.361. The van der Waals surface area contributed by atoms with Crippen molar-refractivity contribution in [2.24, 2.45) is 11.7 Å². The Hall–Kier alpha value is -4.13. The number of nitrogens with two attached hydrogens (primary N) is 1. The normalized spacial score (nSPS) is 11.1. The largest absolute Gasteiger partial charge is 0.496 e. The van der Waals surface area contributed by atoms with Crippen LogP contribution in [0.3, 0.4) is 0 Å². The number of amides is 2. The molecule has 0 aliphatic carbocycles. The number of carbonyl (C=O) groups is 2. The molecule has 3 N–H and O–H groups in total. The molecule has 3 aromatic carbocycles. The van der Waals surface area contributed by atoms with E-state index in [1.807, 2.05) is 32.0 Å². The molecule has 180 valence electrons. The van der Waals surface area contributed by atoms with Gasteiger partial charge in [-0.25, -0.2) is 4.39 Å². The molecular weight excluding hydrogens is 447 g/mol. The molecule has 0 aliphatic heterocycles. The molecule has 0 unspecified atom stereocenters. The Morgan fingerprint density at radius 2 is 1.80 bits per heavy atom. The van der Waals surface area contributed by atoms with Gasteiger partial charge in [-0.2, -0.15) is 0 Å². The summed E-state index contributed by atoms with van der Waals surface area (Å²) in [7, 11) is 1.58. The first-order valence-corrected chi connectivity index (χ1v) is 11.3. The first-order valence-electron chi connectivity index (χ1n) is 11.3. The van der Waals surface area contributed by atoms with Crippen LogP contribution in [0.1, 0.15) is 45.7 Å². The molecule has 0 aliphatic rings. The first kappa shape index (κ1) is 24.0. The Balaban J connectivity index is 1.71. The molecule has 0 saturated carbocycles. The minimum absolute atomic E-state index is 0.146. The summed E-state index contributed by atoms with van der Waals surface area (Å²) in [6, 6.07) is 16.5. The van der Waals surface area contributed by atoms with E-state index in [9.17, 15) is 14.0 Å². The van der Waals surface area contributed by atoms with Crippen molar-refractivity contribution in [2.75, 3.05) is 13.7 Å². The average Bonchev–Trinajstić information content (AvgIpc) is 3.22. The van der Waals surface area contributed by atoms with Crippen LogP contribution in [-0.4, -0.2) is 25.5 Å². The fourth-order valence-corrected chi connectivity index (χ4v) is 3.98. The third-order valence-corrected chi connectivity index (χ3v) is 5.71. The van der Waals surface area contributed by atoms with E-state index >= 15 is 0 Å². The van der Waals surface area contributed by atoms with Gasteiger partial charge < -0.3 is 20.2 Å². The fourth-order valence-electron chi connectivity index (χ4n) is 3.98. The van der Waals surface area contributed by atoms with E-state index in [0.717, 1.165) is 11.1 Å². The van der Waals surface area contributed by atoms with Crippen molar-refractivity contribution in [1.82, 2.24) is 5.32 Å². The summed E-state index contributed by atoms with van der Waals surface area (Å²) in [4.78, 5) is 24.9. The Morgan fingerprint density at radius 1 is 1.06 bits per heavy atom. The van der Waals surface area contributed by atoms with Gasteiger partial charge in [-0.15, -0.1) is 0 Å². The summed E-state index contributed by atoms with van der Waals surface area (Å²) in [6.45, 7) is 4.66. The van der Waals surface area contributed by atoms with Crippen LogP contribution in [0.25, 0.3) is 22.3 Å². The lowest BCUT2D eigenvalue weighted by Gasteiger charge is -2.12. The SMILES string of the molecule is COc1ccc(C(=O)NCC(C)C)cc1Cc1ccc2oc(-c3ccc(F)cc3)c(C(N)=O)c2c1. The van der Waals surface area contributed by atoms with Crippen molar-refractivity contribution in [1.29, 1.82) is 0 Å². The minimum atomic E-state index is -0.637. The summed E-state index contributed by atoms with van der Waals surface area (Å²) >= 11 is 0. The summed E-state index contributed by atoms with van der Waals surface area (Å²) in [5, 5.41) is 3.49. The molecule has 2 amide bonds. The lowest BCUT2D eigenvalue weighted by atomic mass is 9.98. The number of benzene rings is 3. The van der Waals surface area contributed by atoms with Gasteiger partial charge in [0, 0.05) is 29.5 Å². The molecule has 0 radical (unpaired) electrons. The molecule has 1 heterocycles. The van der Waals surface area contributed by atoms with Gasteiger partial charge in [0.2, 0.25) is 0 Å². The minimum Gasteiger partial charge on any atom is -0.496 e. The molecule has 7 heteroatoms. The molecular formula is C28H27FN2O4. The van der Waals surface area contributed by atoms with Crippen molar-refractivity contribution in [3.05, 3.63) is 88.7 Å². The van der Waals surface area contributed by atoms with Gasteiger partial charge >= 0.3 is 0 Å². The summed E-state index contributed by atoms with van der Waals surface area (Å²) in [6.07, 6.45) is 0.458. The zero-order valence-corrected chi connectivity index (χ0v) is 19.9. The van der Waals surface area contributed by atoms with Crippen molar-refractivity contribution < 1.29 is 23.1 Å². The third-order valence-electron chi connectivity index (χ3n) is 5.71. The molecule has 4 aromatic rings. The smallest absolute Gasteiger partial charge is 0.253 e. The van der Waals surface area contributed by atoms with Crippen LogP contribution in [0.15, 0.2) is 65.1 Å². The fraction of sp³-hybridized carbons (Fsp3) is 0.214. The number of hydrogen-bond donors (Lipinski definition) is 2. The average molecular weight is 475 g/mol. The van der Waals surface area contributed by atoms with Gasteiger partial charge in [-0.1, -0.05) is 19.9 Å². The summed E-state index contributed by atoms with van der Waals surface area (Å²) in [5.74, 6) is 0.125. The maximum Gasteiger partial charge on any atom is 0.253 e. The van der Waals surface area contributed by atoms with E-state index in [0.29, 0.717) is 52.5 Å². The number of primary amides is 1. The number of furan rings is 1. The van der Waals surface area contributed by atoms with Crippen molar-refractivity contribution >= 4 is 22.8 Å². The Bertz CT molecular complexity index is 1390. The zero-order valence-electron chi connectivity index (χ0n) is 19.9. The second kappa shape index (κ2) is 10.0. The highest BCUT2D eigenvalue weighted by atomic mass is 19.1. The Labute approximate surface area is 202 Å². The van der Waals surface area contributed by atoms with Crippen molar-refractivity contribution in [3.63, 3.8) is 0 Å². The second-order valence-corrected chi connectivity index (χ2v) is 8.82. The van der Waals surface area contributed by atoms with Gasteiger partial charge in [0.25, 0.3) is 11.8 Å². The molecule has 0 atom stereocenters. The molecule has 35 heavy (non-hydrogen) atoms. The molecule has 6 nitrogen and oxygen atoms in total. The van der Waals surface area contributed by atoms with E-state index in [1.54, 1.807) is 37.4 Å². The van der Waals surface area contributed by atoms with Crippen LogP contribution in [0.5, 0.6) is 5.75 Å². The van der Waals surface area contributed by atoms with Crippen LogP contribution >= 0.6 is 0 Å². The number of carbonyl (C=O) groups excluding carboxylic acids is 2. The lowest BCUT2D eigenvalue weighted by Crippen LogP contribution is -2.27. The summed E-state index contributed by atoms with van der Waals surface area (Å²) in [5.41, 5.74) is 9.24. The molecule has 0 bridgehead atoms.